The molecule has 0 amide bonds. The van der Waals surface area contributed by atoms with E-state index in [1.807, 2.05) is 12.1 Å². The fraction of sp³-hybridized carbons (Fsp3) is 0.0294. The first-order chi connectivity index (χ1) is 34.7. The Kier molecular flexibility index (Phi) is 9.06. The molecular formula is C68H44N2. The molecule has 14 rings (SSSR count). The molecule has 326 valence electrons. The predicted octanol–water partition coefficient (Wildman–Crippen LogP) is 16.5. The molecule has 0 saturated heterocycles. The van der Waals surface area contributed by atoms with Gasteiger partial charge in [-0.1, -0.05) is 243 Å². The summed E-state index contributed by atoms with van der Waals surface area (Å²) in [6.45, 7) is 0. The summed E-state index contributed by atoms with van der Waals surface area (Å²) >= 11 is 0. The van der Waals surface area contributed by atoms with Crippen LogP contribution in [0.5, 0.6) is 0 Å². The molecule has 2 aliphatic carbocycles. The van der Waals surface area contributed by atoms with Crippen molar-refractivity contribution in [3.8, 4) is 55.9 Å². The number of benzene rings is 11. The molecule has 2 aliphatic rings. The molecule has 2 heteroatoms. The molecule has 0 spiro atoms. The van der Waals surface area contributed by atoms with Crippen LogP contribution in [0.25, 0.3) is 77.7 Å². The van der Waals surface area contributed by atoms with Gasteiger partial charge in [-0.3, -0.25) is 0 Å². The van der Waals surface area contributed by atoms with E-state index in [0.717, 1.165) is 39.1 Å². The first-order valence-electron chi connectivity index (χ1n) is 24.2. The molecule has 0 saturated carbocycles. The minimum Gasteiger partial charge on any atom is -0.244 e. The van der Waals surface area contributed by atoms with E-state index in [0.29, 0.717) is 0 Å². The predicted molar refractivity (Wildman–Crippen MR) is 288 cm³/mol. The normalized spacial score (nSPS) is 13.7. The lowest BCUT2D eigenvalue weighted by atomic mass is 9.67. The highest BCUT2D eigenvalue weighted by molar-refractivity contribution is 6.05. The number of hydrogen-bond donors (Lipinski definition) is 0. The summed E-state index contributed by atoms with van der Waals surface area (Å²) in [6.07, 6.45) is 0. The van der Waals surface area contributed by atoms with Crippen LogP contribution in [-0.2, 0) is 10.8 Å². The van der Waals surface area contributed by atoms with Crippen molar-refractivity contribution in [2.45, 2.75) is 10.8 Å². The maximum Gasteiger partial charge on any atom is 0.0973 e. The third-order valence-corrected chi connectivity index (χ3v) is 15.2. The van der Waals surface area contributed by atoms with Gasteiger partial charge in [-0.25, -0.2) is 9.97 Å². The second-order valence-electron chi connectivity index (χ2n) is 18.7. The fourth-order valence-corrected chi connectivity index (χ4v) is 12.3. The number of aromatic nitrogens is 2. The second kappa shape index (κ2) is 15.8. The van der Waals surface area contributed by atoms with Crippen molar-refractivity contribution in [1.29, 1.82) is 0 Å². The van der Waals surface area contributed by atoms with E-state index in [9.17, 15) is 0 Å². The smallest absolute Gasteiger partial charge is 0.0973 e. The van der Waals surface area contributed by atoms with Gasteiger partial charge in [-0.2, -0.15) is 0 Å². The number of fused-ring (bicyclic) bond motifs is 9. The molecule has 11 aromatic carbocycles. The number of hydrogen-bond acceptors (Lipinski definition) is 2. The molecule has 1 aromatic heterocycles. The van der Waals surface area contributed by atoms with E-state index in [4.69, 9.17) is 9.97 Å². The maximum absolute atomic E-state index is 5.44. The van der Waals surface area contributed by atoms with Crippen molar-refractivity contribution < 1.29 is 0 Å². The van der Waals surface area contributed by atoms with Gasteiger partial charge in [0.25, 0.3) is 0 Å². The highest BCUT2D eigenvalue weighted by atomic mass is 14.8. The lowest BCUT2D eigenvalue weighted by molar-refractivity contribution is 0.768. The van der Waals surface area contributed by atoms with Gasteiger partial charge in [0.15, 0.2) is 0 Å². The van der Waals surface area contributed by atoms with Crippen LogP contribution in [0, 0.1) is 0 Å². The first-order valence-corrected chi connectivity index (χ1v) is 24.2. The van der Waals surface area contributed by atoms with E-state index < -0.39 is 10.8 Å². The zero-order valence-corrected chi connectivity index (χ0v) is 38.3. The molecule has 0 unspecified atom stereocenters. The van der Waals surface area contributed by atoms with Crippen LogP contribution < -0.4 is 0 Å². The SMILES string of the molecule is c1ccc(C2(c3ccccc3)c3ccccc3-c3ccc(-c4nc5ccccc5nc4-c4ccc(-c5ccc6c7c(ccc6c5)C(c5ccccc5)(c5ccccc5)c5ccccc5-7)cc4)cc32)cc1. The minimum absolute atomic E-state index is 0.431. The van der Waals surface area contributed by atoms with Gasteiger partial charge in [-0.15, -0.1) is 0 Å². The Morgan fingerprint density at radius 3 is 1.27 bits per heavy atom. The van der Waals surface area contributed by atoms with E-state index in [1.165, 1.54) is 83.1 Å². The van der Waals surface area contributed by atoms with Crippen LogP contribution in [0.2, 0.25) is 0 Å². The molecule has 2 nitrogen and oxygen atoms in total. The molecule has 70 heavy (non-hydrogen) atoms. The van der Waals surface area contributed by atoms with E-state index in [2.05, 4.69) is 255 Å². The molecule has 0 aliphatic heterocycles. The largest absolute Gasteiger partial charge is 0.244 e. The molecule has 1 heterocycles. The third kappa shape index (κ3) is 5.80. The molecular weight excluding hydrogens is 845 g/mol. The van der Waals surface area contributed by atoms with Crippen molar-refractivity contribution in [1.82, 2.24) is 9.97 Å². The van der Waals surface area contributed by atoms with Gasteiger partial charge >= 0.3 is 0 Å². The number of nitrogens with zero attached hydrogens (tertiary/aromatic N) is 2. The van der Waals surface area contributed by atoms with Gasteiger partial charge in [0, 0.05) is 11.1 Å². The van der Waals surface area contributed by atoms with Crippen molar-refractivity contribution >= 4 is 21.8 Å². The Morgan fingerprint density at radius 2 is 0.686 bits per heavy atom. The summed E-state index contributed by atoms with van der Waals surface area (Å²) in [5.74, 6) is 0. The summed E-state index contributed by atoms with van der Waals surface area (Å²) in [4.78, 5) is 10.8. The van der Waals surface area contributed by atoms with Crippen LogP contribution in [0.15, 0.2) is 267 Å². The first kappa shape index (κ1) is 40.1. The zero-order valence-electron chi connectivity index (χ0n) is 38.3. The molecule has 0 fully saturated rings. The van der Waals surface area contributed by atoms with E-state index >= 15 is 0 Å². The Labute approximate surface area is 407 Å². The lowest BCUT2D eigenvalue weighted by Crippen LogP contribution is -2.28. The summed E-state index contributed by atoms with van der Waals surface area (Å²) < 4.78 is 0. The average molecular weight is 889 g/mol. The average Bonchev–Trinajstić information content (AvgIpc) is 3.92. The quantitative estimate of drug-likeness (QED) is 0.159. The van der Waals surface area contributed by atoms with Crippen molar-refractivity contribution in [2.24, 2.45) is 0 Å². The van der Waals surface area contributed by atoms with Crippen LogP contribution >= 0.6 is 0 Å². The topological polar surface area (TPSA) is 25.8 Å². The highest BCUT2D eigenvalue weighted by Crippen LogP contribution is 2.59. The number of rotatable bonds is 7. The summed E-state index contributed by atoms with van der Waals surface area (Å²) in [6, 6.07) is 97.7. The summed E-state index contributed by atoms with van der Waals surface area (Å²) in [5.41, 5.74) is 22.2. The lowest BCUT2D eigenvalue weighted by Gasteiger charge is -2.34. The van der Waals surface area contributed by atoms with Crippen molar-refractivity contribution in [3.63, 3.8) is 0 Å². The molecule has 12 aromatic rings. The van der Waals surface area contributed by atoms with Crippen LogP contribution in [0.4, 0.5) is 0 Å². The monoisotopic (exact) mass is 888 g/mol. The molecule has 0 radical (unpaired) electrons. The zero-order chi connectivity index (χ0) is 46.2. The van der Waals surface area contributed by atoms with Crippen molar-refractivity contribution in [2.75, 3.05) is 0 Å². The van der Waals surface area contributed by atoms with Crippen molar-refractivity contribution in [3.05, 3.63) is 311 Å². The standard InChI is InChI=1S/C68H44N2/c1-5-19-50(20-6-1)67(51-21-7-2-8-22-51)59-30-16-14-28-57(59)64-54-40-37-47(43-48(54)39-42-60(64)67)45-33-35-46(36-34-45)65-66(70-63-32-18-17-31-62(63)69-65)49-38-41-56-55-27-13-15-29-58(55)68(61(56)44-49,52-23-9-3-10-24-52)53-25-11-4-12-26-53/h1-44H. The molecule has 0 atom stereocenters. The van der Waals surface area contributed by atoms with Gasteiger partial charge in [-0.05, 0) is 113 Å². The van der Waals surface area contributed by atoms with E-state index in [1.54, 1.807) is 0 Å². The van der Waals surface area contributed by atoms with Gasteiger partial charge < -0.3 is 0 Å². The summed E-state index contributed by atoms with van der Waals surface area (Å²) in [5, 5.41) is 2.48. The number of para-hydroxylation sites is 2. The second-order valence-corrected chi connectivity index (χ2v) is 18.7. The molecule has 0 bridgehead atoms. The Bertz CT molecular complexity index is 3890. The summed E-state index contributed by atoms with van der Waals surface area (Å²) in [7, 11) is 0. The fourth-order valence-electron chi connectivity index (χ4n) is 12.3. The van der Waals surface area contributed by atoms with Gasteiger partial charge in [0.1, 0.15) is 0 Å². The minimum atomic E-state index is -0.521. The highest BCUT2D eigenvalue weighted by Gasteiger charge is 2.48. The Balaban J connectivity index is 0.892. The third-order valence-electron chi connectivity index (χ3n) is 15.2. The van der Waals surface area contributed by atoms with Crippen LogP contribution in [0.3, 0.4) is 0 Å². The maximum atomic E-state index is 5.44. The van der Waals surface area contributed by atoms with E-state index in [-0.39, 0.29) is 0 Å². The van der Waals surface area contributed by atoms with Gasteiger partial charge in [0.05, 0.1) is 33.3 Å². The Morgan fingerprint density at radius 1 is 0.257 bits per heavy atom. The van der Waals surface area contributed by atoms with Crippen LogP contribution in [-0.4, -0.2) is 9.97 Å². The van der Waals surface area contributed by atoms with Crippen LogP contribution in [0.1, 0.15) is 44.5 Å². The van der Waals surface area contributed by atoms with Gasteiger partial charge in [0.2, 0.25) is 0 Å². The Hall–Kier alpha value is -8.98. The molecule has 0 N–H and O–H groups in total.